The van der Waals surface area contributed by atoms with Gasteiger partial charge in [-0.3, -0.25) is 8.42 Å². The molecule has 0 radical (unpaired) electrons. The summed E-state index contributed by atoms with van der Waals surface area (Å²) in [7, 11) is -5.17. The minimum absolute atomic E-state index is 1.19. The predicted octanol–water partition coefficient (Wildman–Crippen LogP) is 0.0101. The lowest BCUT2D eigenvalue weighted by Crippen LogP contribution is -2.21. The van der Waals surface area contributed by atoms with Crippen LogP contribution in [0.25, 0.3) is 0 Å². The molecule has 0 amide bonds. The van der Waals surface area contributed by atoms with Crippen molar-refractivity contribution in [3.05, 3.63) is 0 Å². The maximum Gasteiger partial charge on any atom is 0.0311 e. The second-order valence-electron chi connectivity index (χ2n) is 2.03. The molecule has 0 aromatic carbocycles. The van der Waals surface area contributed by atoms with Gasteiger partial charge in [-0.05, 0) is 19.6 Å². The summed E-state index contributed by atoms with van der Waals surface area (Å²) >= 11 is 0. The Morgan fingerprint density at radius 1 is 1.00 bits per heavy atom. The summed E-state index contributed by atoms with van der Waals surface area (Å²) in [6, 6.07) is 0. The summed E-state index contributed by atoms with van der Waals surface area (Å²) < 4.78 is 34.1. The van der Waals surface area contributed by atoms with Crippen LogP contribution in [0.4, 0.5) is 0 Å². The molecule has 0 saturated carbocycles. The summed E-state index contributed by atoms with van der Waals surface area (Å²) in [6.45, 7) is 10.1. The summed E-state index contributed by atoms with van der Waals surface area (Å²) in [4.78, 5) is 2.38. The first-order valence-electron chi connectivity index (χ1n) is 3.74. The molecule has 0 aliphatic carbocycles. The first-order valence-corrected chi connectivity index (χ1v) is 5.07. The molecular weight excluding hydrogens is 182 g/mol. The van der Waals surface area contributed by atoms with Crippen LogP contribution in [0.15, 0.2) is 0 Å². The Labute approximate surface area is 74.0 Å². The number of nitrogens with zero attached hydrogens (tertiary/aromatic N) is 1. The fourth-order valence-corrected chi connectivity index (χ4v) is 0.671. The van der Waals surface area contributed by atoms with E-state index in [2.05, 4.69) is 25.7 Å². The molecule has 76 valence electrons. The molecule has 0 bridgehead atoms. The van der Waals surface area contributed by atoms with Gasteiger partial charge in [-0.1, -0.05) is 20.8 Å². The molecule has 5 nitrogen and oxygen atoms in total. The van der Waals surface area contributed by atoms with Crippen molar-refractivity contribution in [3.63, 3.8) is 0 Å². The van der Waals surface area contributed by atoms with E-state index in [0.717, 1.165) is 0 Å². The van der Waals surface area contributed by atoms with Gasteiger partial charge in [0.25, 0.3) is 0 Å². The Bertz CT molecular complexity index is 160. The second-order valence-corrected chi connectivity index (χ2v) is 2.84. The van der Waals surface area contributed by atoms with Crippen molar-refractivity contribution in [1.82, 2.24) is 4.90 Å². The highest BCUT2D eigenvalue weighted by atomic mass is 32.3. The van der Waals surface area contributed by atoms with Gasteiger partial charge in [0, 0.05) is 10.4 Å². The van der Waals surface area contributed by atoms with Crippen molar-refractivity contribution >= 4 is 10.4 Å². The highest BCUT2D eigenvalue weighted by Crippen LogP contribution is 1.81. The molecule has 0 rings (SSSR count). The van der Waals surface area contributed by atoms with Gasteiger partial charge in [-0.2, -0.15) is 0 Å². The third-order valence-corrected chi connectivity index (χ3v) is 1.34. The predicted molar refractivity (Wildman–Crippen MR) is 43.9 cm³/mol. The van der Waals surface area contributed by atoms with Crippen LogP contribution < -0.4 is 0 Å². The van der Waals surface area contributed by atoms with Crippen LogP contribution in [0, 0.1) is 0 Å². The van der Waals surface area contributed by atoms with Crippen molar-refractivity contribution < 1.29 is 17.5 Å². The molecule has 0 fully saturated rings. The van der Waals surface area contributed by atoms with E-state index in [0.29, 0.717) is 0 Å². The molecule has 0 aromatic rings. The minimum atomic E-state index is -5.17. The number of hydrogen-bond acceptors (Lipinski definition) is 5. The van der Waals surface area contributed by atoms with E-state index in [4.69, 9.17) is 17.5 Å². The van der Waals surface area contributed by atoms with Crippen molar-refractivity contribution in [1.29, 1.82) is 0 Å². The van der Waals surface area contributed by atoms with Crippen LogP contribution in [0.5, 0.6) is 0 Å². The van der Waals surface area contributed by atoms with Crippen LogP contribution in [-0.4, -0.2) is 42.1 Å². The third-order valence-electron chi connectivity index (χ3n) is 1.34. The molecule has 0 atom stereocenters. The molecule has 6 heteroatoms. The smallest absolute Gasteiger partial charge is 0.0311 e. The highest BCUT2D eigenvalue weighted by Gasteiger charge is 1.89. The Kier molecular flexibility index (Phi) is 8.95. The molecule has 0 aliphatic heterocycles. The minimum Gasteiger partial charge on any atom is -0.759 e. The van der Waals surface area contributed by atoms with E-state index in [-0.39, 0.29) is 0 Å². The van der Waals surface area contributed by atoms with Gasteiger partial charge in [-0.25, -0.2) is 0 Å². The highest BCUT2D eigenvalue weighted by molar-refractivity contribution is 7.79. The van der Waals surface area contributed by atoms with E-state index < -0.39 is 10.4 Å². The van der Waals surface area contributed by atoms with Gasteiger partial charge in [0.1, 0.15) is 0 Å². The molecule has 0 aliphatic rings. The van der Waals surface area contributed by atoms with Crippen molar-refractivity contribution in [2.75, 3.05) is 19.6 Å². The lowest BCUT2D eigenvalue weighted by atomic mass is 10.5. The Balaban J connectivity index is 0. The molecule has 0 unspecified atom stereocenters. The quantitative estimate of drug-likeness (QED) is 0.470. The van der Waals surface area contributed by atoms with E-state index in [1.807, 2.05) is 0 Å². The summed E-state index contributed by atoms with van der Waals surface area (Å²) in [5, 5.41) is 0. The maximum absolute atomic E-state index is 8.52. The Hall–Kier alpha value is -0.170. The third kappa shape index (κ3) is 22.5. The largest absolute Gasteiger partial charge is 0.759 e. The van der Waals surface area contributed by atoms with Gasteiger partial charge in [-0.15, -0.1) is 0 Å². The van der Waals surface area contributed by atoms with Crippen LogP contribution in [0.3, 0.4) is 0 Å². The SMILES string of the molecule is CCN(CC)CC.O=S(=O)([O-])[O-]. The molecular formula is C6H15NO4S-2. The average Bonchev–Trinajstić information content (AvgIpc) is 1.88. The van der Waals surface area contributed by atoms with Gasteiger partial charge in [0.05, 0.1) is 0 Å². The standard InChI is InChI=1S/C6H15N.H2O4S/c1-4-7(5-2)6-3;1-5(2,3)4/h4-6H2,1-3H3;(H2,1,2,3,4)/p-2. The van der Waals surface area contributed by atoms with Crippen molar-refractivity contribution in [2.24, 2.45) is 0 Å². The van der Waals surface area contributed by atoms with Crippen LogP contribution in [-0.2, 0) is 10.4 Å². The first-order chi connectivity index (χ1) is 5.35. The molecule has 0 saturated heterocycles. The Morgan fingerprint density at radius 3 is 1.17 bits per heavy atom. The second kappa shape index (κ2) is 7.48. The summed E-state index contributed by atoms with van der Waals surface area (Å²) in [5.74, 6) is 0. The normalized spacial score (nSPS) is 10.8. The fraction of sp³-hybridized carbons (Fsp3) is 1.00. The van der Waals surface area contributed by atoms with Gasteiger partial charge in [0.15, 0.2) is 0 Å². The van der Waals surface area contributed by atoms with Crippen molar-refractivity contribution in [3.8, 4) is 0 Å². The molecule has 0 aromatic heterocycles. The zero-order valence-electron chi connectivity index (χ0n) is 7.61. The molecule has 0 spiro atoms. The topological polar surface area (TPSA) is 83.5 Å². The monoisotopic (exact) mass is 197 g/mol. The van der Waals surface area contributed by atoms with Crippen LogP contribution >= 0.6 is 0 Å². The van der Waals surface area contributed by atoms with Gasteiger partial charge in [0.2, 0.25) is 0 Å². The summed E-state index contributed by atoms with van der Waals surface area (Å²) in [5.41, 5.74) is 0. The molecule has 0 heterocycles. The molecule has 0 N–H and O–H groups in total. The van der Waals surface area contributed by atoms with Crippen LogP contribution in [0.2, 0.25) is 0 Å². The maximum atomic E-state index is 8.52. The van der Waals surface area contributed by atoms with Crippen molar-refractivity contribution in [2.45, 2.75) is 20.8 Å². The lowest BCUT2D eigenvalue weighted by molar-refractivity contribution is 0.321. The van der Waals surface area contributed by atoms with E-state index >= 15 is 0 Å². The van der Waals surface area contributed by atoms with Crippen LogP contribution in [0.1, 0.15) is 20.8 Å². The zero-order chi connectivity index (χ0) is 10.2. The number of rotatable bonds is 3. The average molecular weight is 197 g/mol. The molecule has 12 heavy (non-hydrogen) atoms. The fourth-order valence-electron chi connectivity index (χ4n) is 0.671. The first kappa shape index (κ1) is 14.4. The van der Waals surface area contributed by atoms with Gasteiger partial charge >= 0.3 is 0 Å². The van der Waals surface area contributed by atoms with E-state index in [1.54, 1.807) is 0 Å². The van der Waals surface area contributed by atoms with E-state index in [1.165, 1.54) is 19.6 Å². The summed E-state index contributed by atoms with van der Waals surface area (Å²) in [6.07, 6.45) is 0. The number of hydrogen-bond donors (Lipinski definition) is 0. The zero-order valence-corrected chi connectivity index (χ0v) is 8.43. The lowest BCUT2D eigenvalue weighted by Gasteiger charge is -2.13. The van der Waals surface area contributed by atoms with E-state index in [9.17, 15) is 0 Å². The Morgan fingerprint density at radius 2 is 1.17 bits per heavy atom. The van der Waals surface area contributed by atoms with Gasteiger partial charge < -0.3 is 14.0 Å².